The molecule has 0 saturated heterocycles. The van der Waals surface area contributed by atoms with Crippen LogP contribution in [0, 0.1) is 5.92 Å². The minimum Gasteiger partial charge on any atom is -0.356 e. The quantitative estimate of drug-likeness (QED) is 0.415. The summed E-state index contributed by atoms with van der Waals surface area (Å²) in [6.45, 7) is 4.09. The maximum absolute atomic E-state index is 4.42. The molecule has 0 amide bonds. The SMILES string of the molecule is CCc1cnc(CCNC(=NC)NCCC2CC2)s1.I. The molecule has 1 aliphatic carbocycles. The number of hydrogen-bond donors (Lipinski definition) is 2. The predicted molar refractivity (Wildman–Crippen MR) is 97.3 cm³/mol. The molecule has 6 heteroatoms. The molecular formula is C14H25IN4S. The van der Waals surface area contributed by atoms with Crippen LogP contribution >= 0.6 is 35.3 Å². The molecule has 0 spiro atoms. The van der Waals surface area contributed by atoms with Crippen molar-refractivity contribution >= 4 is 41.3 Å². The van der Waals surface area contributed by atoms with E-state index in [1.165, 1.54) is 29.1 Å². The molecule has 2 rings (SSSR count). The Kier molecular flexibility index (Phi) is 8.44. The summed E-state index contributed by atoms with van der Waals surface area (Å²) >= 11 is 1.81. The Balaban J connectivity index is 0.00000200. The van der Waals surface area contributed by atoms with Gasteiger partial charge in [-0.3, -0.25) is 4.99 Å². The molecule has 0 bridgehead atoms. The summed E-state index contributed by atoms with van der Waals surface area (Å²) in [5.74, 6) is 1.88. The molecule has 1 aliphatic rings. The van der Waals surface area contributed by atoms with Crippen LogP contribution in [-0.4, -0.2) is 31.1 Å². The standard InChI is InChI=1S/C14H24N4S.HI/c1-3-12-10-18-13(19-12)7-9-17-14(15-2)16-8-6-11-4-5-11;/h10-11H,3-9H2,1-2H3,(H2,15,16,17);1H. The number of hydrogen-bond acceptors (Lipinski definition) is 3. The van der Waals surface area contributed by atoms with Crippen molar-refractivity contribution < 1.29 is 0 Å². The Morgan fingerprint density at radius 3 is 2.75 bits per heavy atom. The van der Waals surface area contributed by atoms with E-state index in [9.17, 15) is 0 Å². The number of guanidine groups is 1. The van der Waals surface area contributed by atoms with Crippen LogP contribution in [0.2, 0.25) is 0 Å². The van der Waals surface area contributed by atoms with E-state index in [0.29, 0.717) is 0 Å². The third-order valence-electron chi connectivity index (χ3n) is 3.35. The van der Waals surface area contributed by atoms with Gasteiger partial charge in [0.25, 0.3) is 0 Å². The van der Waals surface area contributed by atoms with Crippen molar-refractivity contribution in [2.75, 3.05) is 20.1 Å². The number of aryl methyl sites for hydroxylation is 1. The number of nitrogens with one attached hydrogen (secondary N) is 2. The van der Waals surface area contributed by atoms with Crippen molar-refractivity contribution in [3.8, 4) is 0 Å². The monoisotopic (exact) mass is 408 g/mol. The molecule has 1 fully saturated rings. The van der Waals surface area contributed by atoms with E-state index in [0.717, 1.165) is 37.8 Å². The number of aromatic nitrogens is 1. The second kappa shape index (κ2) is 9.55. The molecule has 0 unspecified atom stereocenters. The molecule has 4 nitrogen and oxygen atoms in total. The number of thiazole rings is 1. The third kappa shape index (κ3) is 6.39. The van der Waals surface area contributed by atoms with E-state index in [1.54, 1.807) is 0 Å². The molecule has 114 valence electrons. The first-order valence-corrected chi connectivity index (χ1v) is 8.01. The Bertz CT molecular complexity index is 415. The van der Waals surface area contributed by atoms with E-state index in [-0.39, 0.29) is 24.0 Å². The summed E-state index contributed by atoms with van der Waals surface area (Å²) in [5, 5.41) is 7.92. The first-order chi connectivity index (χ1) is 9.31. The van der Waals surface area contributed by atoms with E-state index in [4.69, 9.17) is 0 Å². The van der Waals surface area contributed by atoms with E-state index in [1.807, 2.05) is 24.6 Å². The van der Waals surface area contributed by atoms with Gasteiger partial charge in [-0.25, -0.2) is 4.98 Å². The van der Waals surface area contributed by atoms with Gasteiger partial charge in [0.15, 0.2) is 5.96 Å². The van der Waals surface area contributed by atoms with Crippen LogP contribution in [0.3, 0.4) is 0 Å². The highest BCUT2D eigenvalue weighted by atomic mass is 127. The molecule has 2 N–H and O–H groups in total. The fourth-order valence-electron chi connectivity index (χ4n) is 1.94. The Morgan fingerprint density at radius 2 is 2.15 bits per heavy atom. The Morgan fingerprint density at radius 1 is 1.40 bits per heavy atom. The van der Waals surface area contributed by atoms with Gasteiger partial charge in [-0.1, -0.05) is 19.8 Å². The molecule has 0 aromatic carbocycles. The fourth-order valence-corrected chi connectivity index (χ4v) is 2.80. The second-order valence-electron chi connectivity index (χ2n) is 4.98. The van der Waals surface area contributed by atoms with Gasteiger partial charge < -0.3 is 10.6 Å². The maximum atomic E-state index is 4.42. The zero-order chi connectivity index (χ0) is 13.5. The number of nitrogens with zero attached hydrogens (tertiary/aromatic N) is 2. The molecule has 0 atom stereocenters. The zero-order valence-electron chi connectivity index (χ0n) is 12.3. The normalized spacial score (nSPS) is 14.8. The molecule has 1 saturated carbocycles. The van der Waals surface area contributed by atoms with Gasteiger partial charge in [-0.2, -0.15) is 0 Å². The van der Waals surface area contributed by atoms with Gasteiger partial charge in [-0.15, -0.1) is 35.3 Å². The zero-order valence-corrected chi connectivity index (χ0v) is 15.5. The van der Waals surface area contributed by atoms with Gasteiger partial charge in [0.05, 0.1) is 5.01 Å². The van der Waals surface area contributed by atoms with E-state index < -0.39 is 0 Å². The Labute approximate surface area is 142 Å². The number of aliphatic imine (C=N–C) groups is 1. The van der Waals surface area contributed by atoms with Crippen molar-refractivity contribution in [2.45, 2.75) is 39.0 Å². The van der Waals surface area contributed by atoms with Crippen LogP contribution in [0.1, 0.15) is 36.1 Å². The van der Waals surface area contributed by atoms with Crippen LogP contribution in [0.5, 0.6) is 0 Å². The van der Waals surface area contributed by atoms with E-state index >= 15 is 0 Å². The van der Waals surface area contributed by atoms with Crippen molar-refractivity contribution in [2.24, 2.45) is 10.9 Å². The fraction of sp³-hybridized carbons (Fsp3) is 0.714. The summed E-state index contributed by atoms with van der Waals surface area (Å²) < 4.78 is 0. The van der Waals surface area contributed by atoms with Crippen LogP contribution in [0.4, 0.5) is 0 Å². The summed E-state index contributed by atoms with van der Waals surface area (Å²) in [6.07, 6.45) is 8.13. The molecule has 1 aromatic heterocycles. The molecular weight excluding hydrogens is 383 g/mol. The van der Waals surface area contributed by atoms with Gasteiger partial charge in [0.2, 0.25) is 0 Å². The summed E-state index contributed by atoms with van der Waals surface area (Å²) in [6, 6.07) is 0. The van der Waals surface area contributed by atoms with Crippen molar-refractivity contribution in [1.82, 2.24) is 15.6 Å². The van der Waals surface area contributed by atoms with Crippen LogP contribution < -0.4 is 10.6 Å². The molecule has 0 radical (unpaired) electrons. The lowest BCUT2D eigenvalue weighted by Crippen LogP contribution is -2.38. The molecule has 1 heterocycles. The topological polar surface area (TPSA) is 49.3 Å². The largest absolute Gasteiger partial charge is 0.356 e. The van der Waals surface area contributed by atoms with Gasteiger partial charge in [0, 0.05) is 37.6 Å². The van der Waals surface area contributed by atoms with Gasteiger partial charge in [-0.05, 0) is 18.8 Å². The highest BCUT2D eigenvalue weighted by Crippen LogP contribution is 2.31. The first kappa shape index (κ1) is 17.7. The van der Waals surface area contributed by atoms with Gasteiger partial charge >= 0.3 is 0 Å². The van der Waals surface area contributed by atoms with Crippen LogP contribution in [0.15, 0.2) is 11.2 Å². The number of rotatable bonds is 7. The average molecular weight is 408 g/mol. The predicted octanol–water partition coefficient (Wildman–Crippen LogP) is 2.83. The molecule has 0 aliphatic heterocycles. The second-order valence-corrected chi connectivity index (χ2v) is 6.18. The van der Waals surface area contributed by atoms with Crippen LogP contribution in [-0.2, 0) is 12.8 Å². The summed E-state index contributed by atoms with van der Waals surface area (Å²) in [7, 11) is 1.82. The van der Waals surface area contributed by atoms with Crippen molar-refractivity contribution in [1.29, 1.82) is 0 Å². The maximum Gasteiger partial charge on any atom is 0.190 e. The van der Waals surface area contributed by atoms with E-state index in [2.05, 4.69) is 27.5 Å². The van der Waals surface area contributed by atoms with Crippen molar-refractivity contribution in [3.05, 3.63) is 16.1 Å². The van der Waals surface area contributed by atoms with Gasteiger partial charge in [0.1, 0.15) is 0 Å². The minimum absolute atomic E-state index is 0. The number of halogens is 1. The lowest BCUT2D eigenvalue weighted by atomic mass is 10.3. The highest BCUT2D eigenvalue weighted by Gasteiger charge is 2.20. The highest BCUT2D eigenvalue weighted by molar-refractivity contribution is 14.0. The first-order valence-electron chi connectivity index (χ1n) is 7.20. The Hall–Kier alpha value is -0.370. The summed E-state index contributed by atoms with van der Waals surface area (Å²) in [5.41, 5.74) is 0. The van der Waals surface area contributed by atoms with Crippen LogP contribution in [0.25, 0.3) is 0 Å². The lowest BCUT2D eigenvalue weighted by molar-refractivity contribution is 0.684. The third-order valence-corrected chi connectivity index (χ3v) is 4.55. The minimum atomic E-state index is 0. The molecule has 20 heavy (non-hydrogen) atoms. The average Bonchev–Trinajstić information content (AvgIpc) is 3.14. The molecule has 1 aromatic rings. The lowest BCUT2D eigenvalue weighted by Gasteiger charge is -2.10. The van der Waals surface area contributed by atoms with Crippen molar-refractivity contribution in [3.63, 3.8) is 0 Å². The summed E-state index contributed by atoms with van der Waals surface area (Å²) in [4.78, 5) is 10.0. The smallest absolute Gasteiger partial charge is 0.190 e.